The van der Waals surface area contributed by atoms with Gasteiger partial charge in [0, 0.05) is 5.69 Å². The van der Waals surface area contributed by atoms with Crippen molar-refractivity contribution >= 4 is 35.3 Å². The summed E-state index contributed by atoms with van der Waals surface area (Å²) in [5.74, 6) is -0.0734. The zero-order valence-electron chi connectivity index (χ0n) is 11.7. The Kier molecular flexibility index (Phi) is 4.59. The minimum absolute atomic E-state index is 0.0382. The summed E-state index contributed by atoms with van der Waals surface area (Å²) in [6.45, 7) is 3.72. The maximum absolute atomic E-state index is 12.1. The second-order valence-electron chi connectivity index (χ2n) is 4.45. The zero-order valence-corrected chi connectivity index (χ0v) is 12.5. The van der Waals surface area contributed by atoms with Crippen molar-refractivity contribution in [2.75, 3.05) is 16.8 Å². The molecule has 5 N–H and O–H groups in total. The van der Waals surface area contributed by atoms with Crippen LogP contribution in [0.3, 0.4) is 0 Å². The average Bonchev–Trinajstić information content (AvgIpc) is 2.37. The van der Waals surface area contributed by atoms with Crippen LogP contribution in [0.4, 0.5) is 17.6 Å². The van der Waals surface area contributed by atoms with E-state index in [0.717, 1.165) is 11.3 Å². The molecule has 2 rings (SSSR count). The number of aromatic nitrogens is 3. The first kappa shape index (κ1) is 15.0. The van der Waals surface area contributed by atoms with Crippen LogP contribution in [0.25, 0.3) is 0 Å². The van der Waals surface area contributed by atoms with Crippen molar-refractivity contribution in [3.63, 3.8) is 0 Å². The molecule has 0 saturated carbocycles. The molecule has 1 aromatic carbocycles. The lowest BCUT2D eigenvalue weighted by Crippen LogP contribution is -2.22. The quantitative estimate of drug-likeness (QED) is 0.731. The number of nitrogen functional groups attached to an aromatic ring is 2. The lowest BCUT2D eigenvalue weighted by molar-refractivity contribution is -0.115. The molecule has 2 aromatic rings. The summed E-state index contributed by atoms with van der Waals surface area (Å²) in [4.78, 5) is 23.7. The molecule has 7 nitrogen and oxygen atoms in total. The highest BCUT2D eigenvalue weighted by atomic mass is 32.2. The maximum atomic E-state index is 12.1. The third kappa shape index (κ3) is 4.32. The summed E-state index contributed by atoms with van der Waals surface area (Å²) in [6.07, 6.45) is 0. The number of thioether (sulfide) groups is 1. The molecule has 0 fully saturated rings. The van der Waals surface area contributed by atoms with Crippen LogP contribution in [-0.4, -0.2) is 26.1 Å². The molecule has 0 radical (unpaired) electrons. The van der Waals surface area contributed by atoms with Crippen molar-refractivity contribution in [1.82, 2.24) is 15.0 Å². The number of aryl methyl sites for hydroxylation is 1. The minimum Gasteiger partial charge on any atom is -0.368 e. The van der Waals surface area contributed by atoms with Crippen molar-refractivity contribution in [2.45, 2.75) is 24.3 Å². The number of nitrogens with two attached hydrogens (primary N) is 2. The predicted octanol–water partition coefficient (Wildman–Crippen LogP) is 1.46. The van der Waals surface area contributed by atoms with E-state index in [9.17, 15) is 4.79 Å². The standard InChI is InChI=1S/C13H16N6OS/c1-7-4-3-5-9(6-7)16-10(20)8(2)21-13-18-11(14)17-12(15)19-13/h3-6,8H,1-2H3,(H,16,20)(H4,14,15,17,18,19). The van der Waals surface area contributed by atoms with Gasteiger partial charge < -0.3 is 16.8 Å². The zero-order chi connectivity index (χ0) is 15.4. The molecular formula is C13H16N6OS. The monoisotopic (exact) mass is 304 g/mol. The maximum Gasteiger partial charge on any atom is 0.237 e. The van der Waals surface area contributed by atoms with E-state index in [1.807, 2.05) is 31.2 Å². The Morgan fingerprint density at radius 2 is 1.90 bits per heavy atom. The summed E-state index contributed by atoms with van der Waals surface area (Å²) in [6, 6.07) is 7.58. The second-order valence-corrected chi connectivity index (χ2v) is 5.76. The molecule has 0 spiro atoms. The van der Waals surface area contributed by atoms with Crippen molar-refractivity contribution < 1.29 is 4.79 Å². The second kappa shape index (κ2) is 6.40. The third-order valence-corrected chi connectivity index (χ3v) is 3.55. The van der Waals surface area contributed by atoms with Crippen molar-refractivity contribution in [3.05, 3.63) is 29.8 Å². The van der Waals surface area contributed by atoms with E-state index < -0.39 is 5.25 Å². The number of nitrogens with zero attached hydrogens (tertiary/aromatic N) is 3. The molecule has 0 bridgehead atoms. The molecule has 0 saturated heterocycles. The van der Waals surface area contributed by atoms with E-state index in [0.29, 0.717) is 5.16 Å². The van der Waals surface area contributed by atoms with Gasteiger partial charge in [-0.2, -0.15) is 15.0 Å². The van der Waals surface area contributed by atoms with Crippen LogP contribution >= 0.6 is 11.8 Å². The van der Waals surface area contributed by atoms with Gasteiger partial charge >= 0.3 is 0 Å². The molecule has 0 aliphatic carbocycles. The summed E-state index contributed by atoms with van der Waals surface area (Å²) >= 11 is 1.17. The van der Waals surface area contributed by atoms with Crippen molar-refractivity contribution in [3.8, 4) is 0 Å². The van der Waals surface area contributed by atoms with E-state index in [1.165, 1.54) is 11.8 Å². The molecule has 0 aliphatic heterocycles. The lowest BCUT2D eigenvalue weighted by atomic mass is 10.2. The fraction of sp³-hybridized carbons (Fsp3) is 0.231. The van der Waals surface area contributed by atoms with Gasteiger partial charge in [-0.25, -0.2) is 0 Å². The molecule has 1 heterocycles. The fourth-order valence-corrected chi connectivity index (χ4v) is 2.39. The highest BCUT2D eigenvalue weighted by Gasteiger charge is 2.17. The predicted molar refractivity (Wildman–Crippen MR) is 83.8 cm³/mol. The Labute approximate surface area is 126 Å². The Hall–Kier alpha value is -2.35. The molecule has 0 aliphatic rings. The van der Waals surface area contributed by atoms with Gasteiger partial charge in [0.1, 0.15) is 0 Å². The molecule has 8 heteroatoms. The summed E-state index contributed by atoms with van der Waals surface area (Å²) in [7, 11) is 0. The van der Waals surface area contributed by atoms with Gasteiger partial charge in [-0.05, 0) is 31.5 Å². The molecule has 1 unspecified atom stereocenters. The molecule has 21 heavy (non-hydrogen) atoms. The van der Waals surface area contributed by atoms with Crippen molar-refractivity contribution in [1.29, 1.82) is 0 Å². The number of carbonyl (C=O) groups is 1. The number of nitrogens with one attached hydrogen (secondary N) is 1. The Morgan fingerprint density at radius 1 is 1.24 bits per heavy atom. The number of anilines is 3. The number of amides is 1. The van der Waals surface area contributed by atoms with Gasteiger partial charge in [0.25, 0.3) is 0 Å². The van der Waals surface area contributed by atoms with E-state index in [-0.39, 0.29) is 17.8 Å². The third-order valence-electron chi connectivity index (χ3n) is 2.59. The number of carbonyl (C=O) groups excluding carboxylic acids is 1. The Bertz CT molecular complexity index is 643. The topological polar surface area (TPSA) is 120 Å². The number of benzene rings is 1. The number of hydrogen-bond acceptors (Lipinski definition) is 7. The van der Waals surface area contributed by atoms with Crippen LogP contribution in [0, 0.1) is 6.92 Å². The normalized spacial score (nSPS) is 11.9. The van der Waals surface area contributed by atoms with E-state index in [2.05, 4.69) is 20.3 Å². The first-order chi connectivity index (χ1) is 9.94. The molecular weight excluding hydrogens is 288 g/mol. The van der Waals surface area contributed by atoms with Gasteiger partial charge in [-0.1, -0.05) is 23.9 Å². The molecule has 1 atom stereocenters. The molecule has 1 amide bonds. The number of hydrogen-bond donors (Lipinski definition) is 3. The van der Waals surface area contributed by atoms with E-state index in [4.69, 9.17) is 11.5 Å². The van der Waals surface area contributed by atoms with Crippen LogP contribution in [0.5, 0.6) is 0 Å². The first-order valence-corrected chi connectivity index (χ1v) is 7.13. The highest BCUT2D eigenvalue weighted by molar-refractivity contribution is 8.00. The molecule has 110 valence electrons. The average molecular weight is 304 g/mol. The van der Waals surface area contributed by atoms with Crippen LogP contribution < -0.4 is 16.8 Å². The van der Waals surface area contributed by atoms with E-state index in [1.54, 1.807) is 6.92 Å². The van der Waals surface area contributed by atoms with Crippen LogP contribution in [0.1, 0.15) is 12.5 Å². The number of rotatable bonds is 4. The van der Waals surface area contributed by atoms with Gasteiger partial charge in [-0.15, -0.1) is 0 Å². The van der Waals surface area contributed by atoms with Gasteiger partial charge in [0.05, 0.1) is 5.25 Å². The van der Waals surface area contributed by atoms with E-state index >= 15 is 0 Å². The molecule has 1 aromatic heterocycles. The van der Waals surface area contributed by atoms with Gasteiger partial charge in [0.15, 0.2) is 5.16 Å². The smallest absolute Gasteiger partial charge is 0.237 e. The summed E-state index contributed by atoms with van der Waals surface area (Å²) in [5.41, 5.74) is 12.8. The van der Waals surface area contributed by atoms with Gasteiger partial charge in [0.2, 0.25) is 17.8 Å². The summed E-state index contributed by atoms with van der Waals surface area (Å²) < 4.78 is 0. The van der Waals surface area contributed by atoms with Gasteiger partial charge in [-0.3, -0.25) is 4.79 Å². The first-order valence-electron chi connectivity index (χ1n) is 6.25. The Balaban J connectivity index is 2.02. The summed E-state index contributed by atoms with van der Waals surface area (Å²) in [5, 5.41) is 2.77. The highest BCUT2D eigenvalue weighted by Crippen LogP contribution is 2.21. The SMILES string of the molecule is Cc1cccc(NC(=O)C(C)Sc2nc(N)nc(N)n2)c1. The minimum atomic E-state index is -0.397. The lowest BCUT2D eigenvalue weighted by Gasteiger charge is -2.11. The van der Waals surface area contributed by atoms with Crippen molar-refractivity contribution in [2.24, 2.45) is 0 Å². The van der Waals surface area contributed by atoms with Crippen LogP contribution in [-0.2, 0) is 4.79 Å². The Morgan fingerprint density at radius 3 is 2.52 bits per heavy atom. The van der Waals surface area contributed by atoms with Crippen LogP contribution in [0.15, 0.2) is 29.4 Å². The fourth-order valence-electron chi connectivity index (χ4n) is 1.62. The van der Waals surface area contributed by atoms with Crippen LogP contribution in [0.2, 0.25) is 0 Å². The largest absolute Gasteiger partial charge is 0.368 e.